The summed E-state index contributed by atoms with van der Waals surface area (Å²) in [7, 11) is 1.64. The topological polar surface area (TPSA) is 98.2 Å². The van der Waals surface area contributed by atoms with Gasteiger partial charge in [-0.15, -0.1) is 0 Å². The van der Waals surface area contributed by atoms with Gasteiger partial charge < -0.3 is 19.7 Å². The Balaban J connectivity index is 1.52. The molecule has 1 aromatic carbocycles. The number of halogens is 2. The number of ether oxygens (including phenoxy) is 2. The molecule has 0 fully saturated rings. The van der Waals surface area contributed by atoms with Crippen molar-refractivity contribution in [1.29, 1.82) is 0 Å². The molecular formula is C24H23ClFN7O2S. The molecule has 0 radical (unpaired) electrons. The Bertz CT molecular complexity index is 1410. The lowest BCUT2D eigenvalue weighted by atomic mass is 10.1. The first-order valence-electron chi connectivity index (χ1n) is 11.2. The van der Waals surface area contributed by atoms with Crippen LogP contribution in [0.4, 0.5) is 16.0 Å². The number of anilines is 2. The first-order valence-corrected chi connectivity index (χ1v) is 12.8. The van der Waals surface area contributed by atoms with Gasteiger partial charge >= 0.3 is 0 Å². The number of methoxy groups -OCH3 is 1. The van der Waals surface area contributed by atoms with Crippen LogP contribution in [-0.2, 0) is 6.54 Å². The summed E-state index contributed by atoms with van der Waals surface area (Å²) in [6, 6.07) is 7.52. The molecule has 4 heterocycles. The summed E-state index contributed by atoms with van der Waals surface area (Å²) in [6.45, 7) is 3.32. The second-order valence-corrected chi connectivity index (χ2v) is 9.12. The minimum atomic E-state index is -0.700. The molecule has 1 aliphatic heterocycles. The van der Waals surface area contributed by atoms with Gasteiger partial charge in [0.25, 0.3) is 0 Å². The molecule has 9 nitrogen and oxygen atoms in total. The Morgan fingerprint density at radius 2 is 1.97 bits per heavy atom. The van der Waals surface area contributed by atoms with Gasteiger partial charge in [-0.25, -0.2) is 19.3 Å². The second-order valence-electron chi connectivity index (χ2n) is 7.99. The predicted octanol–water partition coefficient (Wildman–Crippen LogP) is 4.91. The lowest BCUT2D eigenvalue weighted by Gasteiger charge is -2.30. The third-order valence-electron chi connectivity index (χ3n) is 5.91. The van der Waals surface area contributed by atoms with E-state index >= 15 is 0 Å². The second kappa shape index (κ2) is 10.3. The van der Waals surface area contributed by atoms with Crippen LogP contribution in [0.5, 0.6) is 11.6 Å². The monoisotopic (exact) mass is 527 g/mol. The number of hydrogen-bond donors (Lipinski definition) is 1. The van der Waals surface area contributed by atoms with Gasteiger partial charge in [0.1, 0.15) is 40.6 Å². The average molecular weight is 528 g/mol. The highest BCUT2D eigenvalue weighted by Crippen LogP contribution is 2.40. The van der Waals surface area contributed by atoms with E-state index in [2.05, 4.69) is 25.3 Å². The summed E-state index contributed by atoms with van der Waals surface area (Å²) in [6.07, 6.45) is 5.13. The van der Waals surface area contributed by atoms with E-state index in [9.17, 15) is 4.39 Å². The molecule has 3 aromatic heterocycles. The van der Waals surface area contributed by atoms with Gasteiger partial charge in [-0.3, -0.25) is 4.98 Å². The van der Waals surface area contributed by atoms with E-state index < -0.39 is 5.82 Å². The largest absolute Gasteiger partial charge is 0.497 e. The normalized spacial score (nSPS) is 13.8. The zero-order valence-electron chi connectivity index (χ0n) is 19.8. The van der Waals surface area contributed by atoms with Gasteiger partial charge in [-0.05, 0) is 30.9 Å². The molecule has 1 atom stereocenters. The first kappa shape index (κ1) is 24.3. The minimum absolute atomic E-state index is 0.0791. The highest BCUT2D eigenvalue weighted by atomic mass is 35.5. The molecule has 4 aromatic rings. The van der Waals surface area contributed by atoms with Crippen LogP contribution < -0.4 is 19.7 Å². The number of pyridine rings is 1. The SMILES string of the molecule is COc1ccc(CNc2nccnc2[C@@H](C)N2CCOc3nc(Cl)c(F)c4nc(SC)nc2c34)cc1. The molecule has 1 N–H and O–H groups in total. The van der Waals surface area contributed by atoms with Crippen molar-refractivity contribution in [2.45, 2.75) is 24.7 Å². The van der Waals surface area contributed by atoms with Crippen molar-refractivity contribution in [2.24, 2.45) is 0 Å². The fraction of sp³-hybridized carbons (Fsp3) is 0.292. The van der Waals surface area contributed by atoms with Crippen molar-refractivity contribution in [3.8, 4) is 11.6 Å². The number of aromatic nitrogens is 5. The zero-order valence-corrected chi connectivity index (χ0v) is 21.4. The van der Waals surface area contributed by atoms with E-state index in [0.717, 1.165) is 11.3 Å². The molecule has 186 valence electrons. The van der Waals surface area contributed by atoms with Crippen LogP contribution in [0.15, 0.2) is 41.8 Å². The van der Waals surface area contributed by atoms with E-state index in [-0.39, 0.29) is 22.6 Å². The molecule has 36 heavy (non-hydrogen) atoms. The summed E-state index contributed by atoms with van der Waals surface area (Å²) < 4.78 is 26.1. The van der Waals surface area contributed by atoms with Gasteiger partial charge in [0, 0.05) is 18.9 Å². The number of thioether (sulfide) groups is 1. The number of benzene rings is 1. The lowest BCUT2D eigenvalue weighted by Crippen LogP contribution is -2.32. The van der Waals surface area contributed by atoms with Gasteiger partial charge in [-0.2, -0.15) is 4.98 Å². The van der Waals surface area contributed by atoms with Gasteiger partial charge in [0.2, 0.25) is 5.88 Å². The molecule has 0 bridgehead atoms. The van der Waals surface area contributed by atoms with Crippen molar-refractivity contribution in [1.82, 2.24) is 24.9 Å². The maximum absolute atomic E-state index is 15.0. The molecular weight excluding hydrogens is 505 g/mol. The van der Waals surface area contributed by atoms with Gasteiger partial charge in [0.05, 0.1) is 19.7 Å². The third-order valence-corrected chi connectivity index (χ3v) is 6.70. The molecule has 0 aliphatic carbocycles. The van der Waals surface area contributed by atoms with Crippen LogP contribution in [0, 0.1) is 5.82 Å². The van der Waals surface area contributed by atoms with Crippen LogP contribution in [0.3, 0.4) is 0 Å². The number of nitrogens with zero attached hydrogens (tertiary/aromatic N) is 6. The van der Waals surface area contributed by atoms with Crippen molar-refractivity contribution in [3.05, 3.63) is 58.9 Å². The van der Waals surface area contributed by atoms with E-state index in [1.54, 1.807) is 19.5 Å². The maximum atomic E-state index is 15.0. The molecule has 5 rings (SSSR count). The van der Waals surface area contributed by atoms with Gasteiger partial charge in [0.15, 0.2) is 16.1 Å². The van der Waals surface area contributed by atoms with E-state index in [0.29, 0.717) is 47.6 Å². The van der Waals surface area contributed by atoms with Crippen LogP contribution in [0.1, 0.15) is 24.2 Å². The van der Waals surface area contributed by atoms with Crippen LogP contribution in [-0.4, -0.2) is 51.4 Å². The molecule has 0 spiro atoms. The third kappa shape index (κ3) is 4.56. The molecule has 12 heteroatoms. The summed E-state index contributed by atoms with van der Waals surface area (Å²) in [5.74, 6) is 1.46. The Kier molecular flexibility index (Phi) is 6.92. The standard InChI is InChI=1S/C24H23ClFN7O2S/c1-13(18-21(28-9-8-27-18)29-12-14-4-6-15(34-2)7-5-14)33-10-11-35-23-16-19(17(26)20(25)31-23)30-24(36-3)32-22(16)33/h4-9,13H,10-12H2,1-3H3,(H,28,29)/t13-/m1/s1. The first-order chi connectivity index (χ1) is 17.5. The zero-order chi connectivity index (χ0) is 25.2. The average Bonchev–Trinajstić information content (AvgIpc) is 3.10. The fourth-order valence-corrected chi connectivity index (χ4v) is 4.60. The molecule has 0 unspecified atom stereocenters. The Labute approximate surface area is 216 Å². The summed E-state index contributed by atoms with van der Waals surface area (Å²) in [5.41, 5.74) is 1.86. The van der Waals surface area contributed by atoms with E-state index in [1.165, 1.54) is 11.8 Å². The molecule has 0 saturated heterocycles. The number of hydrogen-bond acceptors (Lipinski definition) is 10. The van der Waals surface area contributed by atoms with Crippen molar-refractivity contribution < 1.29 is 13.9 Å². The summed E-state index contributed by atoms with van der Waals surface area (Å²) in [4.78, 5) is 24.4. The van der Waals surface area contributed by atoms with Crippen LogP contribution >= 0.6 is 23.4 Å². The quantitative estimate of drug-likeness (QED) is 0.203. The highest BCUT2D eigenvalue weighted by Gasteiger charge is 2.30. The van der Waals surface area contributed by atoms with Crippen LogP contribution in [0.2, 0.25) is 5.15 Å². The molecule has 1 aliphatic rings. The van der Waals surface area contributed by atoms with Crippen molar-refractivity contribution in [3.63, 3.8) is 0 Å². The van der Waals surface area contributed by atoms with Crippen molar-refractivity contribution in [2.75, 3.05) is 36.7 Å². The summed E-state index contributed by atoms with van der Waals surface area (Å²) >= 11 is 7.35. The Morgan fingerprint density at radius 3 is 2.72 bits per heavy atom. The Morgan fingerprint density at radius 1 is 1.19 bits per heavy atom. The lowest BCUT2D eigenvalue weighted by molar-refractivity contribution is 0.315. The maximum Gasteiger partial charge on any atom is 0.228 e. The predicted molar refractivity (Wildman–Crippen MR) is 138 cm³/mol. The van der Waals surface area contributed by atoms with E-state index in [1.807, 2.05) is 42.3 Å². The van der Waals surface area contributed by atoms with Gasteiger partial charge in [-0.1, -0.05) is 35.5 Å². The van der Waals surface area contributed by atoms with Crippen molar-refractivity contribution >= 4 is 45.9 Å². The highest BCUT2D eigenvalue weighted by molar-refractivity contribution is 7.98. The van der Waals surface area contributed by atoms with Crippen LogP contribution in [0.25, 0.3) is 10.9 Å². The molecule has 0 amide bonds. The Hall–Kier alpha value is -3.44. The smallest absolute Gasteiger partial charge is 0.228 e. The summed E-state index contributed by atoms with van der Waals surface area (Å²) in [5, 5.41) is 3.91. The number of rotatable bonds is 7. The fourth-order valence-electron chi connectivity index (χ4n) is 4.07. The molecule has 0 saturated carbocycles. The van der Waals surface area contributed by atoms with E-state index in [4.69, 9.17) is 26.1 Å². The number of nitrogens with one attached hydrogen (secondary N) is 1. The minimum Gasteiger partial charge on any atom is -0.497 e.